The van der Waals surface area contributed by atoms with Gasteiger partial charge in [-0.25, -0.2) is 9.97 Å². The van der Waals surface area contributed by atoms with E-state index in [9.17, 15) is 9.90 Å². The van der Waals surface area contributed by atoms with Crippen LogP contribution in [0.1, 0.15) is 46.7 Å². The quantitative estimate of drug-likeness (QED) is 0.785. The van der Waals surface area contributed by atoms with E-state index in [1.165, 1.54) is 11.3 Å². The summed E-state index contributed by atoms with van der Waals surface area (Å²) < 4.78 is 0. The van der Waals surface area contributed by atoms with Gasteiger partial charge in [0.15, 0.2) is 0 Å². The second-order valence-corrected chi connectivity index (χ2v) is 6.87. The molecule has 0 saturated heterocycles. The molecule has 22 heavy (non-hydrogen) atoms. The van der Waals surface area contributed by atoms with Crippen LogP contribution in [0, 0.1) is 13.8 Å². The number of carbonyl (C=O) groups is 1. The molecule has 1 aliphatic carbocycles. The van der Waals surface area contributed by atoms with Gasteiger partial charge in [-0.15, -0.1) is 11.3 Å². The lowest BCUT2D eigenvalue weighted by molar-refractivity contribution is 0.0871. The number of aliphatic hydroxyl groups excluding tert-OH is 1. The van der Waals surface area contributed by atoms with E-state index >= 15 is 0 Å². The molecule has 0 atom stereocenters. The summed E-state index contributed by atoms with van der Waals surface area (Å²) >= 11 is 1.36. The molecule has 0 aliphatic heterocycles. The Bertz CT molecular complexity index is 720. The monoisotopic (exact) mass is 320 g/mol. The average Bonchev–Trinajstić information content (AvgIpc) is 2.78. The molecule has 1 saturated carbocycles. The number of anilines is 1. The molecule has 3 rings (SSSR count). The highest BCUT2D eigenvalue weighted by atomic mass is 32.1. The number of amides is 1. The third kappa shape index (κ3) is 2.78. The van der Waals surface area contributed by atoms with Crippen molar-refractivity contribution in [3.63, 3.8) is 0 Å². The minimum Gasteiger partial charge on any atom is -0.393 e. The molecule has 0 aromatic carbocycles. The number of rotatable bonds is 2. The number of carbonyl (C=O) groups excluding carboxylic acids is 1. The van der Waals surface area contributed by atoms with Gasteiger partial charge in [0.05, 0.1) is 16.4 Å². The zero-order chi connectivity index (χ0) is 15.9. The van der Waals surface area contributed by atoms with Crippen LogP contribution in [0.25, 0.3) is 10.2 Å². The van der Waals surface area contributed by atoms with E-state index in [4.69, 9.17) is 5.73 Å². The number of hydrogen-bond donors (Lipinski definition) is 3. The number of nitrogens with zero attached hydrogens (tertiary/aromatic N) is 2. The molecule has 4 N–H and O–H groups in total. The first-order valence-corrected chi connectivity index (χ1v) is 8.29. The standard InChI is InChI=1S/C15H20N4O2S/c1-7-11-13(16)17-8(2)18-15(11)22-12(7)14(21)19-9-3-5-10(20)6-4-9/h9-10,20H,3-6H2,1-2H3,(H,19,21)(H2,16,17,18). The van der Waals surface area contributed by atoms with E-state index < -0.39 is 0 Å². The van der Waals surface area contributed by atoms with Crippen molar-refractivity contribution in [2.24, 2.45) is 0 Å². The maximum atomic E-state index is 12.5. The molecule has 6 nitrogen and oxygen atoms in total. The number of aryl methyl sites for hydroxylation is 2. The van der Waals surface area contributed by atoms with Gasteiger partial charge in [-0.3, -0.25) is 4.79 Å². The van der Waals surface area contributed by atoms with Gasteiger partial charge >= 0.3 is 0 Å². The first-order valence-electron chi connectivity index (χ1n) is 7.48. The smallest absolute Gasteiger partial charge is 0.261 e. The van der Waals surface area contributed by atoms with Gasteiger partial charge in [-0.05, 0) is 45.1 Å². The molecule has 1 amide bonds. The normalized spacial score (nSPS) is 22.0. The highest BCUT2D eigenvalue weighted by Gasteiger charge is 2.24. The fourth-order valence-electron chi connectivity index (χ4n) is 2.97. The highest BCUT2D eigenvalue weighted by Crippen LogP contribution is 2.32. The van der Waals surface area contributed by atoms with E-state index in [0.29, 0.717) is 16.5 Å². The summed E-state index contributed by atoms with van der Waals surface area (Å²) in [6.07, 6.45) is 2.90. The molecule has 0 bridgehead atoms. The van der Waals surface area contributed by atoms with Crippen LogP contribution in [-0.4, -0.2) is 33.1 Å². The van der Waals surface area contributed by atoms with Crippen LogP contribution in [0.4, 0.5) is 5.82 Å². The molecule has 0 radical (unpaired) electrons. The Labute approximate surface area is 132 Å². The van der Waals surface area contributed by atoms with Crippen molar-refractivity contribution in [1.82, 2.24) is 15.3 Å². The molecular weight excluding hydrogens is 300 g/mol. The van der Waals surface area contributed by atoms with Crippen molar-refractivity contribution in [3.8, 4) is 0 Å². The van der Waals surface area contributed by atoms with Gasteiger partial charge in [0.25, 0.3) is 5.91 Å². The minimum absolute atomic E-state index is 0.0843. The lowest BCUT2D eigenvalue weighted by atomic mass is 9.93. The lowest BCUT2D eigenvalue weighted by Gasteiger charge is -2.26. The highest BCUT2D eigenvalue weighted by molar-refractivity contribution is 7.20. The molecule has 0 spiro atoms. The minimum atomic E-state index is -0.225. The number of hydrogen-bond acceptors (Lipinski definition) is 6. The molecule has 2 aromatic rings. The van der Waals surface area contributed by atoms with Crippen molar-refractivity contribution >= 4 is 33.3 Å². The second-order valence-electron chi connectivity index (χ2n) is 5.87. The van der Waals surface area contributed by atoms with Crippen LogP contribution in [0.3, 0.4) is 0 Å². The molecule has 118 valence electrons. The third-order valence-electron chi connectivity index (χ3n) is 4.17. The maximum Gasteiger partial charge on any atom is 0.261 e. The van der Waals surface area contributed by atoms with Gasteiger partial charge in [0, 0.05) is 6.04 Å². The number of thiophene rings is 1. The first kappa shape index (κ1) is 15.2. The molecular formula is C15H20N4O2S. The van der Waals surface area contributed by atoms with Gasteiger partial charge < -0.3 is 16.2 Å². The number of nitrogens with two attached hydrogens (primary N) is 1. The summed E-state index contributed by atoms with van der Waals surface area (Å²) in [4.78, 5) is 22.5. The Hall–Kier alpha value is -1.73. The van der Waals surface area contributed by atoms with Gasteiger partial charge in [0.1, 0.15) is 16.5 Å². The van der Waals surface area contributed by atoms with Crippen LogP contribution >= 0.6 is 11.3 Å². The number of nitrogens with one attached hydrogen (secondary N) is 1. The van der Waals surface area contributed by atoms with Crippen LogP contribution < -0.4 is 11.1 Å². The Kier molecular flexibility index (Phi) is 4.01. The predicted molar refractivity (Wildman–Crippen MR) is 87.0 cm³/mol. The maximum absolute atomic E-state index is 12.5. The summed E-state index contributed by atoms with van der Waals surface area (Å²) in [7, 11) is 0. The van der Waals surface area contributed by atoms with Crippen molar-refractivity contribution in [2.45, 2.75) is 51.7 Å². The van der Waals surface area contributed by atoms with E-state index in [1.54, 1.807) is 6.92 Å². The van der Waals surface area contributed by atoms with E-state index in [-0.39, 0.29) is 18.1 Å². The largest absolute Gasteiger partial charge is 0.393 e. The van der Waals surface area contributed by atoms with Gasteiger partial charge in [0.2, 0.25) is 0 Å². The summed E-state index contributed by atoms with van der Waals surface area (Å²) in [5.41, 5.74) is 6.81. The molecule has 7 heteroatoms. The topological polar surface area (TPSA) is 101 Å². The summed E-state index contributed by atoms with van der Waals surface area (Å²) in [5, 5.41) is 13.4. The Morgan fingerprint density at radius 3 is 2.64 bits per heavy atom. The number of aliphatic hydroxyl groups is 1. The summed E-state index contributed by atoms with van der Waals surface area (Å²) in [6, 6.07) is 0.130. The fourth-order valence-corrected chi connectivity index (χ4v) is 4.11. The number of nitrogen functional groups attached to an aromatic ring is 1. The molecule has 2 heterocycles. The molecule has 2 aromatic heterocycles. The first-order chi connectivity index (χ1) is 10.5. The van der Waals surface area contributed by atoms with E-state index in [2.05, 4.69) is 15.3 Å². The van der Waals surface area contributed by atoms with Crippen LogP contribution in [0.2, 0.25) is 0 Å². The SMILES string of the molecule is Cc1nc(N)c2c(C)c(C(=O)NC3CCC(O)CC3)sc2n1. The van der Waals surface area contributed by atoms with Crippen LogP contribution in [0.5, 0.6) is 0 Å². The Balaban J connectivity index is 1.85. The number of fused-ring (bicyclic) bond motifs is 1. The second kappa shape index (κ2) is 5.81. The molecule has 0 unspecified atom stereocenters. The zero-order valence-corrected chi connectivity index (χ0v) is 13.5. The predicted octanol–water partition coefficient (Wildman–Crippen LogP) is 1.92. The van der Waals surface area contributed by atoms with E-state index in [0.717, 1.165) is 41.5 Å². The van der Waals surface area contributed by atoms with E-state index in [1.807, 2.05) is 6.92 Å². The lowest BCUT2D eigenvalue weighted by Crippen LogP contribution is -2.38. The van der Waals surface area contributed by atoms with Crippen molar-refractivity contribution < 1.29 is 9.90 Å². The Morgan fingerprint density at radius 1 is 1.27 bits per heavy atom. The zero-order valence-electron chi connectivity index (χ0n) is 12.7. The number of aromatic nitrogens is 2. The summed E-state index contributed by atoms with van der Waals surface area (Å²) in [6.45, 7) is 3.67. The van der Waals surface area contributed by atoms with Crippen LogP contribution in [-0.2, 0) is 0 Å². The summed E-state index contributed by atoms with van der Waals surface area (Å²) in [5.74, 6) is 0.953. The fraction of sp³-hybridized carbons (Fsp3) is 0.533. The van der Waals surface area contributed by atoms with Crippen LogP contribution in [0.15, 0.2) is 0 Å². The van der Waals surface area contributed by atoms with Crippen molar-refractivity contribution in [2.75, 3.05) is 5.73 Å². The van der Waals surface area contributed by atoms with Gasteiger partial charge in [-0.2, -0.15) is 0 Å². The molecule has 1 aliphatic rings. The molecule has 1 fully saturated rings. The Morgan fingerprint density at radius 2 is 1.95 bits per heavy atom. The average molecular weight is 320 g/mol. The van der Waals surface area contributed by atoms with Crippen molar-refractivity contribution in [1.29, 1.82) is 0 Å². The van der Waals surface area contributed by atoms with Gasteiger partial charge in [-0.1, -0.05) is 0 Å². The third-order valence-corrected chi connectivity index (χ3v) is 5.35. The van der Waals surface area contributed by atoms with Crippen molar-refractivity contribution in [3.05, 3.63) is 16.3 Å².